The van der Waals surface area contributed by atoms with Crippen LogP contribution in [0.3, 0.4) is 0 Å². The lowest BCUT2D eigenvalue weighted by atomic mass is 9.98. The van der Waals surface area contributed by atoms with E-state index in [0.29, 0.717) is 17.5 Å². The fourth-order valence-corrected chi connectivity index (χ4v) is 9.26. The Kier molecular flexibility index (Phi) is 6.38. The quantitative estimate of drug-likeness (QED) is 0.180. The molecule has 0 N–H and O–H groups in total. The lowest BCUT2D eigenvalue weighted by molar-refractivity contribution is 0.673. The van der Waals surface area contributed by atoms with E-state index in [4.69, 9.17) is 19.4 Å². The van der Waals surface area contributed by atoms with Crippen molar-refractivity contribution in [2.24, 2.45) is 0 Å². The topological polar surface area (TPSA) is 56.2 Å². The average molecular weight is 739 g/mol. The van der Waals surface area contributed by atoms with Crippen molar-refractivity contribution in [1.29, 1.82) is 0 Å². The monoisotopic (exact) mass is 738 g/mol. The molecule has 13 rings (SSSR count). The van der Waals surface area contributed by atoms with Crippen molar-refractivity contribution < 1.29 is 4.42 Å². The molecule has 0 radical (unpaired) electrons. The zero-order valence-corrected chi connectivity index (χ0v) is 31.0. The maximum Gasteiger partial charge on any atom is 0.164 e. The lowest BCUT2D eigenvalue weighted by Gasteiger charge is -2.10. The Morgan fingerprint density at radius 3 is 1.88 bits per heavy atom. The highest BCUT2D eigenvalue weighted by Crippen LogP contribution is 2.45. The third-order valence-corrected chi connectivity index (χ3v) is 11.9. The predicted molar refractivity (Wildman–Crippen MR) is 239 cm³/mol. The van der Waals surface area contributed by atoms with E-state index in [1.165, 1.54) is 48.9 Å². The van der Waals surface area contributed by atoms with Gasteiger partial charge in [-0.3, -0.25) is 0 Å². The highest BCUT2D eigenvalue weighted by atomic mass is 16.3. The Hall–Kier alpha value is -7.89. The van der Waals surface area contributed by atoms with Crippen molar-refractivity contribution >= 4 is 81.6 Å². The van der Waals surface area contributed by atoms with Crippen molar-refractivity contribution in [3.8, 4) is 45.3 Å². The van der Waals surface area contributed by atoms with Crippen molar-refractivity contribution in [3.05, 3.63) is 182 Å². The number of furan rings is 1. The third-order valence-electron chi connectivity index (χ3n) is 11.9. The molecular formula is C53H30N4O. The van der Waals surface area contributed by atoms with Crippen LogP contribution in [0.1, 0.15) is 0 Å². The highest BCUT2D eigenvalue weighted by molar-refractivity contribution is 6.33. The predicted octanol–water partition coefficient (Wildman–Crippen LogP) is 13.9. The summed E-state index contributed by atoms with van der Waals surface area (Å²) in [7, 11) is 0. The summed E-state index contributed by atoms with van der Waals surface area (Å²) in [5.41, 5.74) is 10.4. The summed E-state index contributed by atoms with van der Waals surface area (Å²) in [6.07, 6.45) is 0. The van der Waals surface area contributed by atoms with Gasteiger partial charge in [0.1, 0.15) is 11.2 Å². The molecular weight excluding hydrogens is 709 g/mol. The van der Waals surface area contributed by atoms with E-state index in [1.807, 2.05) is 30.3 Å². The lowest BCUT2D eigenvalue weighted by Crippen LogP contribution is -2.00. The first-order chi connectivity index (χ1) is 28.7. The normalized spacial score (nSPS) is 12.1. The first-order valence-corrected chi connectivity index (χ1v) is 19.6. The van der Waals surface area contributed by atoms with Crippen molar-refractivity contribution in [1.82, 2.24) is 19.4 Å². The second-order valence-corrected chi connectivity index (χ2v) is 15.2. The number of para-hydroxylation sites is 2. The van der Waals surface area contributed by atoms with E-state index >= 15 is 0 Å². The molecule has 0 fully saturated rings. The van der Waals surface area contributed by atoms with Crippen molar-refractivity contribution in [2.75, 3.05) is 0 Å². The molecule has 0 unspecified atom stereocenters. The molecule has 0 aliphatic heterocycles. The molecule has 13 aromatic rings. The standard InChI is InChI=1S/C53H30N4O/c1-2-11-33(12-3-1)51-54-52(56-53(55-51)38-21-20-31-10-4-5-13-34(31)28-38)37-15-8-14-35(29-37)36-24-27-46-43(30-36)41-25-22-32-23-26-45-48(47(32)50(41)58-46)42-18-9-17-40-39-16-6-7-19-44(39)57(45)49(40)42/h1-30H. The Labute approximate surface area is 331 Å². The van der Waals surface area contributed by atoms with Gasteiger partial charge in [-0.05, 0) is 69.8 Å². The van der Waals surface area contributed by atoms with Crippen LogP contribution < -0.4 is 0 Å². The molecule has 5 nitrogen and oxygen atoms in total. The molecule has 4 heterocycles. The Morgan fingerprint density at radius 2 is 0.983 bits per heavy atom. The van der Waals surface area contributed by atoms with Gasteiger partial charge in [-0.2, -0.15) is 0 Å². The van der Waals surface area contributed by atoms with Gasteiger partial charge in [0.2, 0.25) is 0 Å². The van der Waals surface area contributed by atoms with Gasteiger partial charge in [0, 0.05) is 54.4 Å². The molecule has 0 bridgehead atoms. The number of hydrogen-bond acceptors (Lipinski definition) is 4. The molecule has 0 amide bonds. The maximum atomic E-state index is 6.83. The van der Waals surface area contributed by atoms with Gasteiger partial charge in [0.15, 0.2) is 17.5 Å². The molecule has 0 saturated heterocycles. The van der Waals surface area contributed by atoms with Gasteiger partial charge in [-0.25, -0.2) is 15.0 Å². The van der Waals surface area contributed by atoms with Gasteiger partial charge in [0.25, 0.3) is 0 Å². The summed E-state index contributed by atoms with van der Waals surface area (Å²) in [5, 5.41) is 11.9. The second-order valence-electron chi connectivity index (χ2n) is 15.2. The van der Waals surface area contributed by atoms with Crippen LogP contribution in [0.25, 0.3) is 127 Å². The molecule has 0 aliphatic rings. The van der Waals surface area contributed by atoms with Gasteiger partial charge < -0.3 is 8.82 Å². The van der Waals surface area contributed by atoms with E-state index in [9.17, 15) is 0 Å². The Balaban J connectivity index is 0.970. The molecule has 58 heavy (non-hydrogen) atoms. The number of nitrogens with zero attached hydrogens (tertiary/aromatic N) is 4. The van der Waals surface area contributed by atoms with Gasteiger partial charge in [-0.1, -0.05) is 140 Å². The minimum absolute atomic E-state index is 0.627. The zero-order chi connectivity index (χ0) is 37.9. The summed E-state index contributed by atoms with van der Waals surface area (Å²) in [5.74, 6) is 1.91. The fraction of sp³-hybridized carbons (Fsp3) is 0. The Morgan fingerprint density at radius 1 is 0.345 bits per heavy atom. The minimum Gasteiger partial charge on any atom is -0.455 e. The summed E-state index contributed by atoms with van der Waals surface area (Å²) in [4.78, 5) is 15.1. The van der Waals surface area contributed by atoms with Crippen LogP contribution in [0.2, 0.25) is 0 Å². The van der Waals surface area contributed by atoms with Crippen LogP contribution >= 0.6 is 0 Å². The van der Waals surface area contributed by atoms with Gasteiger partial charge >= 0.3 is 0 Å². The second kappa shape index (κ2) is 11.8. The van der Waals surface area contributed by atoms with E-state index in [0.717, 1.165) is 60.5 Å². The number of aromatic nitrogens is 4. The molecule has 4 aromatic heterocycles. The summed E-state index contributed by atoms with van der Waals surface area (Å²) in [6, 6.07) is 64.2. The van der Waals surface area contributed by atoms with Crippen LogP contribution in [-0.2, 0) is 0 Å². The largest absolute Gasteiger partial charge is 0.455 e. The SMILES string of the molecule is c1ccc(-c2nc(-c3cccc(-c4ccc5oc6c(ccc7ccc8c(c9cccc%10c%11ccccc%11n8c%109)c76)c5c4)c3)nc(-c3ccc4ccccc4c3)n2)cc1. The molecule has 0 aliphatic carbocycles. The van der Waals surface area contributed by atoms with Crippen LogP contribution in [0.4, 0.5) is 0 Å². The molecule has 268 valence electrons. The molecule has 0 saturated carbocycles. The maximum absolute atomic E-state index is 6.83. The van der Waals surface area contributed by atoms with Crippen molar-refractivity contribution in [2.45, 2.75) is 0 Å². The number of rotatable bonds is 4. The Bertz CT molecular complexity index is 3800. The number of hydrogen-bond donors (Lipinski definition) is 0. The molecule has 5 heteroatoms. The third kappa shape index (κ3) is 4.50. The van der Waals surface area contributed by atoms with E-state index < -0.39 is 0 Å². The minimum atomic E-state index is 0.627. The molecule has 9 aromatic carbocycles. The smallest absolute Gasteiger partial charge is 0.164 e. The highest BCUT2D eigenvalue weighted by Gasteiger charge is 2.21. The average Bonchev–Trinajstić information content (AvgIpc) is 3.96. The fourth-order valence-electron chi connectivity index (χ4n) is 9.26. The summed E-state index contributed by atoms with van der Waals surface area (Å²) in [6.45, 7) is 0. The van der Waals surface area contributed by atoms with Crippen LogP contribution in [0, 0.1) is 0 Å². The van der Waals surface area contributed by atoms with Crippen LogP contribution in [0.15, 0.2) is 186 Å². The van der Waals surface area contributed by atoms with E-state index in [-0.39, 0.29) is 0 Å². The van der Waals surface area contributed by atoms with E-state index in [1.54, 1.807) is 0 Å². The van der Waals surface area contributed by atoms with Crippen LogP contribution in [-0.4, -0.2) is 19.4 Å². The van der Waals surface area contributed by atoms with Gasteiger partial charge in [-0.15, -0.1) is 0 Å². The number of benzene rings is 9. The zero-order valence-electron chi connectivity index (χ0n) is 31.0. The van der Waals surface area contributed by atoms with Crippen LogP contribution in [0.5, 0.6) is 0 Å². The summed E-state index contributed by atoms with van der Waals surface area (Å²) < 4.78 is 9.27. The first-order valence-electron chi connectivity index (χ1n) is 19.6. The van der Waals surface area contributed by atoms with E-state index in [2.05, 4.69) is 156 Å². The van der Waals surface area contributed by atoms with Gasteiger partial charge in [0.05, 0.1) is 16.6 Å². The molecule has 0 spiro atoms. The summed E-state index contributed by atoms with van der Waals surface area (Å²) >= 11 is 0. The first kappa shape index (κ1) is 31.3. The number of fused-ring (bicyclic) bond motifs is 13. The van der Waals surface area contributed by atoms with Crippen molar-refractivity contribution in [3.63, 3.8) is 0 Å². The molecule has 0 atom stereocenters.